The van der Waals surface area contributed by atoms with Crippen LogP contribution >= 0.6 is 31.9 Å². The first kappa shape index (κ1) is 7.96. The maximum atomic E-state index is 3.17. The van der Waals surface area contributed by atoms with Crippen molar-refractivity contribution in [2.75, 3.05) is 0 Å². The van der Waals surface area contributed by atoms with Crippen molar-refractivity contribution in [2.45, 2.75) is 0 Å². The van der Waals surface area contributed by atoms with Crippen LogP contribution in [-0.4, -0.2) is 15.0 Å². The average Bonchev–Trinajstić information content (AvgIpc) is 1.69. The van der Waals surface area contributed by atoms with Gasteiger partial charge in [0.25, 0.3) is 0 Å². The van der Waals surface area contributed by atoms with Crippen LogP contribution in [0.5, 0.6) is 0 Å². The second-order valence-corrected chi connectivity index (χ2v) is 3.43. The van der Waals surface area contributed by atoms with Crippen LogP contribution in [0.2, 0.25) is 0 Å². The molecule has 0 spiro atoms. The van der Waals surface area contributed by atoms with Gasteiger partial charge in [-0.05, 0) is 0 Å². The van der Waals surface area contributed by atoms with Crippen molar-refractivity contribution in [2.24, 2.45) is 0 Å². The quantitative estimate of drug-likeness (QED) is 0.685. The van der Waals surface area contributed by atoms with Crippen molar-refractivity contribution in [1.82, 2.24) is 0 Å². The fourth-order valence-electron chi connectivity index (χ4n) is 0.105. The fourth-order valence-corrected chi connectivity index (χ4v) is 1.84. The SMILES string of the molecule is Br/C=C/[Se]/C=C/Br. The molecule has 0 fully saturated rings. The van der Waals surface area contributed by atoms with Crippen LogP contribution in [0.25, 0.3) is 0 Å². The van der Waals surface area contributed by atoms with Gasteiger partial charge in [0, 0.05) is 0 Å². The van der Waals surface area contributed by atoms with E-state index in [0.717, 1.165) is 0 Å². The van der Waals surface area contributed by atoms with Crippen LogP contribution < -0.4 is 0 Å². The first-order valence-corrected chi connectivity index (χ1v) is 5.38. The first-order valence-electron chi connectivity index (χ1n) is 1.57. The summed E-state index contributed by atoms with van der Waals surface area (Å²) >= 11 is 6.85. The van der Waals surface area contributed by atoms with Crippen LogP contribution in [0.15, 0.2) is 19.9 Å². The second kappa shape index (κ2) is 6.96. The summed E-state index contributed by atoms with van der Waals surface area (Å²) in [5.74, 6) is 0. The van der Waals surface area contributed by atoms with Gasteiger partial charge in [0.15, 0.2) is 0 Å². The van der Waals surface area contributed by atoms with E-state index in [1.807, 2.05) is 9.97 Å². The summed E-state index contributed by atoms with van der Waals surface area (Å²) in [6.45, 7) is 0. The van der Waals surface area contributed by atoms with E-state index in [4.69, 9.17) is 0 Å². The standard InChI is InChI=1S/C4H4Br2Se/c5-1-3-7-4-2-6/h1-4H/b3-1+,4-2+. The molecule has 0 amide bonds. The molecule has 0 radical (unpaired) electrons. The predicted octanol–water partition coefficient (Wildman–Crippen LogP) is 2.42. The van der Waals surface area contributed by atoms with Crippen LogP contribution in [0.4, 0.5) is 0 Å². The summed E-state index contributed by atoms with van der Waals surface area (Å²) in [6, 6.07) is 0. The van der Waals surface area contributed by atoms with Crippen LogP contribution in [0, 0.1) is 0 Å². The van der Waals surface area contributed by atoms with Crippen molar-refractivity contribution in [3.8, 4) is 0 Å². The molecule has 0 saturated carbocycles. The Bertz CT molecular complexity index is 67.8. The van der Waals surface area contributed by atoms with E-state index >= 15 is 0 Å². The molecule has 0 rings (SSSR count). The van der Waals surface area contributed by atoms with Gasteiger partial charge in [-0.3, -0.25) is 0 Å². The number of hydrogen-bond acceptors (Lipinski definition) is 0. The maximum absolute atomic E-state index is 3.17. The Morgan fingerprint density at radius 3 is 1.71 bits per heavy atom. The zero-order valence-electron chi connectivity index (χ0n) is 3.47. The molecule has 0 aliphatic rings. The van der Waals surface area contributed by atoms with Crippen LogP contribution in [0.1, 0.15) is 0 Å². The van der Waals surface area contributed by atoms with Crippen molar-refractivity contribution in [3.63, 3.8) is 0 Å². The van der Waals surface area contributed by atoms with Gasteiger partial charge >= 0.3 is 66.7 Å². The summed E-state index contributed by atoms with van der Waals surface area (Å²) in [4.78, 5) is 7.90. The zero-order valence-corrected chi connectivity index (χ0v) is 8.36. The first-order chi connectivity index (χ1) is 3.41. The molecular formula is C4H4Br2Se. The molecule has 0 N–H and O–H groups in total. The Morgan fingerprint density at radius 2 is 1.43 bits per heavy atom. The summed E-state index contributed by atoms with van der Waals surface area (Å²) in [5.41, 5.74) is 0. The summed E-state index contributed by atoms with van der Waals surface area (Å²) in [5, 5.41) is 0. The third-order valence-electron chi connectivity index (χ3n) is 0.260. The molecule has 40 valence electrons. The summed E-state index contributed by atoms with van der Waals surface area (Å²) < 4.78 is 0. The summed E-state index contributed by atoms with van der Waals surface area (Å²) in [6.07, 6.45) is 0. The monoisotopic (exact) mass is 290 g/mol. The summed E-state index contributed by atoms with van der Waals surface area (Å²) in [7, 11) is 0. The minimum absolute atomic E-state index is 0.521. The van der Waals surface area contributed by atoms with Crippen molar-refractivity contribution < 1.29 is 0 Å². The van der Waals surface area contributed by atoms with Gasteiger partial charge < -0.3 is 0 Å². The van der Waals surface area contributed by atoms with Gasteiger partial charge in [-0.2, -0.15) is 0 Å². The number of hydrogen-bond donors (Lipinski definition) is 0. The molecule has 0 unspecified atom stereocenters. The van der Waals surface area contributed by atoms with Gasteiger partial charge in [-0.25, -0.2) is 0 Å². The Labute approximate surface area is 66.5 Å². The Balaban J connectivity index is 2.98. The zero-order chi connectivity index (χ0) is 5.54. The van der Waals surface area contributed by atoms with Gasteiger partial charge in [0.1, 0.15) is 0 Å². The van der Waals surface area contributed by atoms with E-state index in [1.165, 1.54) is 0 Å². The van der Waals surface area contributed by atoms with Gasteiger partial charge in [-0.1, -0.05) is 0 Å². The molecule has 0 nitrogen and oxygen atoms in total. The molecular weight excluding hydrogens is 287 g/mol. The Hall–Kier alpha value is 0.959. The van der Waals surface area contributed by atoms with E-state index in [1.54, 1.807) is 0 Å². The van der Waals surface area contributed by atoms with Crippen molar-refractivity contribution in [1.29, 1.82) is 0 Å². The van der Waals surface area contributed by atoms with Crippen molar-refractivity contribution in [3.05, 3.63) is 19.9 Å². The number of rotatable bonds is 2. The van der Waals surface area contributed by atoms with E-state index in [0.29, 0.717) is 15.0 Å². The van der Waals surface area contributed by atoms with Gasteiger partial charge in [0.05, 0.1) is 0 Å². The molecule has 7 heavy (non-hydrogen) atoms. The normalized spacial score (nSPS) is 11.7. The molecule has 0 aromatic heterocycles. The average molecular weight is 291 g/mol. The Morgan fingerprint density at radius 1 is 1.00 bits per heavy atom. The molecule has 0 aromatic rings. The molecule has 0 aliphatic heterocycles. The van der Waals surface area contributed by atoms with Gasteiger partial charge in [-0.15, -0.1) is 0 Å². The molecule has 0 aromatic carbocycles. The predicted molar refractivity (Wildman–Crippen MR) is 41.9 cm³/mol. The molecule has 0 bridgehead atoms. The van der Waals surface area contributed by atoms with Crippen LogP contribution in [-0.2, 0) is 0 Å². The number of halogens is 2. The molecule has 0 aliphatic carbocycles. The van der Waals surface area contributed by atoms with Gasteiger partial charge in [0.2, 0.25) is 0 Å². The molecule has 0 heterocycles. The second-order valence-electron chi connectivity index (χ2n) is 0.660. The minimum atomic E-state index is 0.521. The molecule has 0 atom stereocenters. The molecule has 3 heteroatoms. The van der Waals surface area contributed by atoms with E-state index in [9.17, 15) is 0 Å². The molecule has 0 saturated heterocycles. The van der Waals surface area contributed by atoms with E-state index in [2.05, 4.69) is 41.8 Å². The topological polar surface area (TPSA) is 0 Å². The fraction of sp³-hybridized carbons (Fsp3) is 0. The Kier molecular flexibility index (Phi) is 7.91. The third kappa shape index (κ3) is 6.96. The third-order valence-corrected chi connectivity index (χ3v) is 3.59. The van der Waals surface area contributed by atoms with Crippen LogP contribution in [0.3, 0.4) is 0 Å². The van der Waals surface area contributed by atoms with E-state index < -0.39 is 0 Å². The van der Waals surface area contributed by atoms with Crippen molar-refractivity contribution >= 4 is 46.8 Å². The van der Waals surface area contributed by atoms with E-state index in [-0.39, 0.29) is 0 Å².